The molecule has 0 aliphatic heterocycles. The Morgan fingerprint density at radius 1 is 1.35 bits per heavy atom. The normalized spacial score (nSPS) is 10.5. The average Bonchev–Trinajstić information content (AvgIpc) is 2.78. The molecule has 0 bridgehead atoms. The predicted molar refractivity (Wildman–Crippen MR) is 68.1 cm³/mol. The van der Waals surface area contributed by atoms with Crippen LogP contribution in [0.1, 0.15) is 18.2 Å². The fourth-order valence-corrected chi connectivity index (χ4v) is 1.71. The SMILES string of the molecule is CCn1nccc1CNc1ccc(C)c(O)c1. The molecule has 0 fully saturated rings. The molecule has 2 aromatic rings. The molecule has 0 atom stereocenters. The van der Waals surface area contributed by atoms with Crippen molar-refractivity contribution in [1.82, 2.24) is 9.78 Å². The molecule has 1 heterocycles. The number of aromatic nitrogens is 2. The van der Waals surface area contributed by atoms with Gasteiger partial charge in [-0.3, -0.25) is 4.68 Å². The monoisotopic (exact) mass is 231 g/mol. The lowest BCUT2D eigenvalue weighted by Gasteiger charge is -2.09. The first kappa shape index (κ1) is 11.5. The number of aryl methyl sites for hydroxylation is 2. The molecule has 0 radical (unpaired) electrons. The van der Waals surface area contributed by atoms with Crippen LogP contribution in [0, 0.1) is 6.92 Å². The van der Waals surface area contributed by atoms with E-state index in [9.17, 15) is 5.11 Å². The molecule has 0 spiro atoms. The Hall–Kier alpha value is -1.97. The van der Waals surface area contributed by atoms with Gasteiger partial charge in [0.05, 0.1) is 12.2 Å². The van der Waals surface area contributed by atoms with Gasteiger partial charge < -0.3 is 10.4 Å². The van der Waals surface area contributed by atoms with E-state index in [1.807, 2.05) is 29.8 Å². The number of phenols is 1. The topological polar surface area (TPSA) is 50.1 Å². The van der Waals surface area contributed by atoms with Crippen LogP contribution in [0.25, 0.3) is 0 Å². The summed E-state index contributed by atoms with van der Waals surface area (Å²) in [5.74, 6) is 0.319. The Morgan fingerprint density at radius 3 is 2.88 bits per heavy atom. The van der Waals surface area contributed by atoms with Crippen LogP contribution in [0.15, 0.2) is 30.5 Å². The summed E-state index contributed by atoms with van der Waals surface area (Å²) in [5.41, 5.74) is 2.93. The van der Waals surface area contributed by atoms with Gasteiger partial charge >= 0.3 is 0 Å². The molecule has 2 N–H and O–H groups in total. The first-order valence-electron chi connectivity index (χ1n) is 5.75. The van der Waals surface area contributed by atoms with Crippen molar-refractivity contribution in [2.45, 2.75) is 26.9 Å². The minimum atomic E-state index is 0.319. The number of benzene rings is 1. The fourth-order valence-electron chi connectivity index (χ4n) is 1.71. The Bertz CT molecular complexity index is 505. The van der Waals surface area contributed by atoms with E-state index < -0.39 is 0 Å². The van der Waals surface area contributed by atoms with Crippen LogP contribution in [0.3, 0.4) is 0 Å². The van der Waals surface area contributed by atoms with Crippen LogP contribution in [0.4, 0.5) is 5.69 Å². The first-order chi connectivity index (χ1) is 8.20. The largest absolute Gasteiger partial charge is 0.508 e. The van der Waals surface area contributed by atoms with E-state index in [1.165, 1.54) is 0 Å². The van der Waals surface area contributed by atoms with Crippen LogP contribution in [0.2, 0.25) is 0 Å². The third kappa shape index (κ3) is 2.58. The first-order valence-corrected chi connectivity index (χ1v) is 5.75. The molecule has 90 valence electrons. The molecule has 0 saturated heterocycles. The lowest BCUT2D eigenvalue weighted by atomic mass is 10.2. The zero-order valence-corrected chi connectivity index (χ0v) is 10.1. The van der Waals surface area contributed by atoms with Crippen molar-refractivity contribution in [3.8, 4) is 5.75 Å². The second kappa shape index (κ2) is 4.91. The number of hydrogen-bond acceptors (Lipinski definition) is 3. The van der Waals surface area contributed by atoms with Gasteiger partial charge in [0, 0.05) is 24.5 Å². The maximum absolute atomic E-state index is 9.60. The molecule has 1 aromatic heterocycles. The van der Waals surface area contributed by atoms with Gasteiger partial charge in [0.15, 0.2) is 0 Å². The van der Waals surface area contributed by atoms with Gasteiger partial charge in [-0.15, -0.1) is 0 Å². The van der Waals surface area contributed by atoms with Gasteiger partial charge in [-0.1, -0.05) is 6.07 Å². The number of nitrogens with zero attached hydrogens (tertiary/aromatic N) is 2. The maximum Gasteiger partial charge on any atom is 0.120 e. The van der Waals surface area contributed by atoms with Crippen LogP contribution in [-0.2, 0) is 13.1 Å². The third-order valence-corrected chi connectivity index (χ3v) is 2.79. The summed E-state index contributed by atoms with van der Waals surface area (Å²) in [6.45, 7) is 5.51. The maximum atomic E-state index is 9.60. The van der Waals surface area contributed by atoms with E-state index in [-0.39, 0.29) is 0 Å². The molecule has 0 amide bonds. The summed E-state index contributed by atoms with van der Waals surface area (Å²) < 4.78 is 1.95. The Balaban J connectivity index is 2.05. The number of anilines is 1. The van der Waals surface area contributed by atoms with Gasteiger partial charge in [0.1, 0.15) is 5.75 Å². The highest BCUT2D eigenvalue weighted by Crippen LogP contribution is 2.21. The van der Waals surface area contributed by atoms with Crippen LogP contribution in [-0.4, -0.2) is 14.9 Å². The molecule has 4 nitrogen and oxygen atoms in total. The van der Waals surface area contributed by atoms with Crippen molar-refractivity contribution < 1.29 is 5.11 Å². The van der Waals surface area contributed by atoms with E-state index in [1.54, 1.807) is 12.3 Å². The van der Waals surface area contributed by atoms with E-state index >= 15 is 0 Å². The second-order valence-electron chi connectivity index (χ2n) is 3.99. The summed E-state index contributed by atoms with van der Waals surface area (Å²) in [6.07, 6.45) is 1.80. The zero-order valence-electron chi connectivity index (χ0n) is 10.1. The standard InChI is InChI=1S/C13H17N3O/c1-3-16-12(6-7-15-16)9-14-11-5-4-10(2)13(17)8-11/h4-8,14,17H,3,9H2,1-2H3. The average molecular weight is 231 g/mol. The zero-order chi connectivity index (χ0) is 12.3. The highest BCUT2D eigenvalue weighted by molar-refractivity contribution is 5.50. The predicted octanol–water partition coefficient (Wildman–Crippen LogP) is 2.53. The Morgan fingerprint density at radius 2 is 2.18 bits per heavy atom. The molecule has 2 rings (SSSR count). The Labute approximate surface area is 101 Å². The summed E-state index contributed by atoms with van der Waals surface area (Å²) in [6, 6.07) is 7.59. The number of aromatic hydroxyl groups is 1. The number of phenolic OH excluding ortho intramolecular Hbond substituents is 1. The smallest absolute Gasteiger partial charge is 0.120 e. The van der Waals surface area contributed by atoms with Gasteiger partial charge in [-0.25, -0.2) is 0 Å². The lowest BCUT2D eigenvalue weighted by molar-refractivity contribution is 0.471. The Kier molecular flexibility index (Phi) is 3.32. The number of nitrogens with one attached hydrogen (secondary N) is 1. The molecule has 4 heteroatoms. The van der Waals surface area contributed by atoms with Crippen molar-refractivity contribution >= 4 is 5.69 Å². The fraction of sp³-hybridized carbons (Fsp3) is 0.308. The van der Waals surface area contributed by atoms with Gasteiger partial charge in [0.2, 0.25) is 0 Å². The van der Waals surface area contributed by atoms with Crippen LogP contribution >= 0.6 is 0 Å². The second-order valence-corrected chi connectivity index (χ2v) is 3.99. The van der Waals surface area contributed by atoms with E-state index in [0.29, 0.717) is 12.3 Å². The molecule has 1 aromatic carbocycles. The molecule has 0 saturated carbocycles. The number of hydrogen-bond donors (Lipinski definition) is 2. The van der Waals surface area contributed by atoms with Gasteiger partial charge in [-0.2, -0.15) is 5.10 Å². The van der Waals surface area contributed by atoms with Gasteiger partial charge in [-0.05, 0) is 31.5 Å². The summed E-state index contributed by atoms with van der Waals surface area (Å²) in [4.78, 5) is 0. The molecule has 17 heavy (non-hydrogen) atoms. The van der Waals surface area contributed by atoms with Crippen molar-refractivity contribution in [3.63, 3.8) is 0 Å². The van der Waals surface area contributed by atoms with Gasteiger partial charge in [0.25, 0.3) is 0 Å². The summed E-state index contributed by atoms with van der Waals surface area (Å²) >= 11 is 0. The molecule has 0 unspecified atom stereocenters. The van der Waals surface area contributed by atoms with Crippen molar-refractivity contribution in [1.29, 1.82) is 0 Å². The van der Waals surface area contributed by atoms with Crippen LogP contribution in [0.5, 0.6) is 5.75 Å². The summed E-state index contributed by atoms with van der Waals surface area (Å²) in [7, 11) is 0. The number of rotatable bonds is 4. The lowest BCUT2D eigenvalue weighted by Crippen LogP contribution is -2.07. The van der Waals surface area contributed by atoms with E-state index in [4.69, 9.17) is 0 Å². The van der Waals surface area contributed by atoms with E-state index in [0.717, 1.165) is 23.5 Å². The molecular weight excluding hydrogens is 214 g/mol. The van der Waals surface area contributed by atoms with Crippen molar-refractivity contribution in [2.75, 3.05) is 5.32 Å². The minimum Gasteiger partial charge on any atom is -0.508 e. The molecule has 0 aliphatic carbocycles. The highest BCUT2D eigenvalue weighted by Gasteiger charge is 2.01. The van der Waals surface area contributed by atoms with E-state index in [2.05, 4.69) is 17.3 Å². The van der Waals surface area contributed by atoms with Crippen LogP contribution < -0.4 is 5.32 Å². The molecular formula is C13H17N3O. The quantitative estimate of drug-likeness (QED) is 0.850. The van der Waals surface area contributed by atoms with Crippen molar-refractivity contribution in [2.24, 2.45) is 0 Å². The third-order valence-electron chi connectivity index (χ3n) is 2.79. The minimum absolute atomic E-state index is 0.319. The summed E-state index contributed by atoms with van der Waals surface area (Å²) in [5, 5.41) is 17.1. The molecule has 0 aliphatic rings. The highest BCUT2D eigenvalue weighted by atomic mass is 16.3. The van der Waals surface area contributed by atoms with Crippen molar-refractivity contribution in [3.05, 3.63) is 41.7 Å².